The van der Waals surface area contributed by atoms with Crippen LogP contribution < -0.4 is 11.3 Å². The van der Waals surface area contributed by atoms with E-state index in [4.69, 9.17) is 5.84 Å². The Labute approximate surface area is 99.2 Å². The van der Waals surface area contributed by atoms with Gasteiger partial charge in [0.15, 0.2) is 0 Å². The van der Waals surface area contributed by atoms with Gasteiger partial charge in [0.25, 0.3) is 0 Å². The summed E-state index contributed by atoms with van der Waals surface area (Å²) < 4.78 is 14.8. The topological polar surface area (TPSA) is 55.9 Å². The van der Waals surface area contributed by atoms with Crippen LogP contribution >= 0.6 is 0 Å². The fourth-order valence-electron chi connectivity index (χ4n) is 1.87. The first-order valence-electron chi connectivity index (χ1n) is 5.39. The Balaban J connectivity index is 2.19. The van der Waals surface area contributed by atoms with Gasteiger partial charge in [-0.05, 0) is 30.2 Å². The number of hydrogen-bond donors (Lipinski definition) is 2. The fraction of sp³-hybridized carbons (Fsp3) is 0.250. The molecule has 0 aliphatic rings. The third kappa shape index (κ3) is 2.69. The summed E-state index contributed by atoms with van der Waals surface area (Å²) in [4.78, 5) is 0. The second-order valence-electron chi connectivity index (χ2n) is 3.93. The average molecular weight is 234 g/mol. The highest BCUT2D eigenvalue weighted by molar-refractivity contribution is 5.20. The van der Waals surface area contributed by atoms with E-state index >= 15 is 0 Å². The van der Waals surface area contributed by atoms with Gasteiger partial charge in [0.05, 0.1) is 11.7 Å². The van der Waals surface area contributed by atoms with Crippen LogP contribution in [0.5, 0.6) is 0 Å². The zero-order valence-corrected chi connectivity index (χ0v) is 9.60. The lowest BCUT2D eigenvalue weighted by Gasteiger charge is -2.16. The average Bonchev–Trinajstić information content (AvgIpc) is 2.72. The van der Waals surface area contributed by atoms with Crippen LogP contribution in [0.2, 0.25) is 0 Å². The lowest BCUT2D eigenvalue weighted by Crippen LogP contribution is -2.31. The summed E-state index contributed by atoms with van der Waals surface area (Å²) in [6.07, 6.45) is 2.33. The van der Waals surface area contributed by atoms with Crippen LogP contribution in [0.3, 0.4) is 0 Å². The van der Waals surface area contributed by atoms with Gasteiger partial charge in [-0.3, -0.25) is 16.0 Å². The Hall–Kier alpha value is -1.72. The number of nitrogens with two attached hydrogens (primary N) is 1. The van der Waals surface area contributed by atoms with Gasteiger partial charge in [-0.2, -0.15) is 5.10 Å². The maximum atomic E-state index is 13.1. The van der Waals surface area contributed by atoms with E-state index in [9.17, 15) is 4.39 Å². The van der Waals surface area contributed by atoms with E-state index in [0.29, 0.717) is 6.42 Å². The first kappa shape index (κ1) is 11.8. The molecule has 0 saturated heterocycles. The largest absolute Gasteiger partial charge is 0.271 e. The van der Waals surface area contributed by atoms with Crippen molar-refractivity contribution in [1.82, 2.24) is 15.2 Å². The molecule has 2 aromatic rings. The predicted molar refractivity (Wildman–Crippen MR) is 63.4 cm³/mol. The van der Waals surface area contributed by atoms with E-state index in [1.165, 1.54) is 12.1 Å². The minimum absolute atomic E-state index is 0.0794. The van der Waals surface area contributed by atoms with E-state index in [1.54, 1.807) is 16.9 Å². The normalized spacial score (nSPS) is 12.6. The van der Waals surface area contributed by atoms with Crippen LogP contribution in [0, 0.1) is 5.82 Å². The molecule has 2 rings (SSSR count). The molecule has 1 atom stereocenters. The molecule has 3 N–H and O–H groups in total. The molecule has 0 amide bonds. The molecule has 0 radical (unpaired) electrons. The van der Waals surface area contributed by atoms with Crippen molar-refractivity contribution < 1.29 is 4.39 Å². The Bertz CT molecular complexity index is 495. The van der Waals surface area contributed by atoms with Gasteiger partial charge in [-0.1, -0.05) is 12.1 Å². The van der Waals surface area contributed by atoms with Crippen molar-refractivity contribution >= 4 is 0 Å². The summed E-state index contributed by atoms with van der Waals surface area (Å²) in [5.41, 5.74) is 4.60. The minimum Gasteiger partial charge on any atom is -0.271 e. The number of hydrazine groups is 1. The maximum Gasteiger partial charge on any atom is 0.123 e. The van der Waals surface area contributed by atoms with Crippen molar-refractivity contribution in [3.05, 3.63) is 53.6 Å². The summed E-state index contributed by atoms with van der Waals surface area (Å²) in [5.74, 6) is 5.30. The third-order valence-electron chi connectivity index (χ3n) is 2.75. The van der Waals surface area contributed by atoms with E-state index in [-0.39, 0.29) is 11.9 Å². The van der Waals surface area contributed by atoms with Gasteiger partial charge in [-0.15, -0.1) is 0 Å². The number of aromatic nitrogens is 2. The lowest BCUT2D eigenvalue weighted by atomic mass is 10.0. The molecular weight excluding hydrogens is 219 g/mol. The molecule has 0 saturated carbocycles. The Kier molecular flexibility index (Phi) is 3.51. The SMILES string of the molecule is Cn1nccc1C(Cc1cccc(F)c1)NN. The summed E-state index contributed by atoms with van der Waals surface area (Å²) in [6, 6.07) is 8.33. The molecule has 4 nitrogen and oxygen atoms in total. The first-order valence-corrected chi connectivity index (χ1v) is 5.39. The minimum atomic E-state index is -0.233. The lowest BCUT2D eigenvalue weighted by molar-refractivity contribution is 0.507. The summed E-state index contributed by atoms with van der Waals surface area (Å²) >= 11 is 0. The second-order valence-corrected chi connectivity index (χ2v) is 3.93. The zero-order chi connectivity index (χ0) is 12.3. The van der Waals surface area contributed by atoms with Crippen molar-refractivity contribution in [3.8, 4) is 0 Å². The van der Waals surface area contributed by atoms with Crippen LogP contribution in [-0.4, -0.2) is 9.78 Å². The second kappa shape index (κ2) is 5.07. The predicted octanol–water partition coefficient (Wildman–Crippen LogP) is 1.31. The van der Waals surface area contributed by atoms with Gasteiger partial charge < -0.3 is 0 Å². The summed E-state index contributed by atoms with van der Waals surface area (Å²) in [7, 11) is 1.85. The van der Waals surface area contributed by atoms with Gasteiger partial charge in [0, 0.05) is 13.2 Å². The molecule has 17 heavy (non-hydrogen) atoms. The monoisotopic (exact) mass is 234 g/mol. The fourth-order valence-corrected chi connectivity index (χ4v) is 1.87. The number of benzene rings is 1. The van der Waals surface area contributed by atoms with E-state index in [2.05, 4.69) is 10.5 Å². The molecule has 0 aliphatic carbocycles. The van der Waals surface area contributed by atoms with E-state index in [0.717, 1.165) is 11.3 Å². The van der Waals surface area contributed by atoms with Crippen LogP contribution in [0.15, 0.2) is 36.5 Å². The highest BCUT2D eigenvalue weighted by Crippen LogP contribution is 2.17. The molecular formula is C12H15FN4. The van der Waals surface area contributed by atoms with Crippen molar-refractivity contribution in [2.45, 2.75) is 12.5 Å². The summed E-state index contributed by atoms with van der Waals surface area (Å²) in [5, 5.41) is 4.09. The van der Waals surface area contributed by atoms with Crippen LogP contribution in [0.4, 0.5) is 4.39 Å². The van der Waals surface area contributed by atoms with Crippen LogP contribution in [-0.2, 0) is 13.5 Å². The molecule has 1 aromatic carbocycles. The number of nitrogens with one attached hydrogen (secondary N) is 1. The number of nitrogens with zero attached hydrogens (tertiary/aromatic N) is 2. The zero-order valence-electron chi connectivity index (χ0n) is 9.60. The van der Waals surface area contributed by atoms with Crippen LogP contribution in [0.1, 0.15) is 17.3 Å². The molecule has 0 spiro atoms. The smallest absolute Gasteiger partial charge is 0.123 e. The molecule has 0 bridgehead atoms. The van der Waals surface area contributed by atoms with Crippen LogP contribution in [0.25, 0.3) is 0 Å². The number of hydrogen-bond acceptors (Lipinski definition) is 3. The first-order chi connectivity index (χ1) is 8.20. The standard InChI is InChI=1S/C12H15FN4/c1-17-12(5-6-15-17)11(16-14)8-9-3-2-4-10(13)7-9/h2-7,11,16H,8,14H2,1H3. The Morgan fingerprint density at radius 3 is 2.88 bits per heavy atom. The molecule has 0 fully saturated rings. The Morgan fingerprint density at radius 1 is 1.47 bits per heavy atom. The number of halogens is 1. The molecule has 1 unspecified atom stereocenters. The Morgan fingerprint density at radius 2 is 2.29 bits per heavy atom. The molecule has 1 heterocycles. The van der Waals surface area contributed by atoms with Gasteiger partial charge >= 0.3 is 0 Å². The summed E-state index contributed by atoms with van der Waals surface area (Å²) in [6.45, 7) is 0. The van der Waals surface area contributed by atoms with Gasteiger partial charge in [-0.25, -0.2) is 4.39 Å². The number of rotatable bonds is 4. The molecule has 0 aliphatic heterocycles. The molecule has 90 valence electrons. The van der Waals surface area contributed by atoms with E-state index in [1.807, 2.05) is 19.2 Å². The van der Waals surface area contributed by atoms with Crippen molar-refractivity contribution in [3.63, 3.8) is 0 Å². The van der Waals surface area contributed by atoms with Crippen molar-refractivity contribution in [2.24, 2.45) is 12.9 Å². The maximum absolute atomic E-state index is 13.1. The van der Waals surface area contributed by atoms with Crippen molar-refractivity contribution in [1.29, 1.82) is 0 Å². The van der Waals surface area contributed by atoms with Gasteiger partial charge in [0.2, 0.25) is 0 Å². The van der Waals surface area contributed by atoms with Crippen molar-refractivity contribution in [2.75, 3.05) is 0 Å². The molecule has 5 heteroatoms. The molecule has 1 aromatic heterocycles. The van der Waals surface area contributed by atoms with E-state index < -0.39 is 0 Å². The number of aryl methyl sites for hydroxylation is 1. The highest BCUT2D eigenvalue weighted by atomic mass is 19.1. The highest BCUT2D eigenvalue weighted by Gasteiger charge is 2.14. The quantitative estimate of drug-likeness (QED) is 0.619. The third-order valence-corrected chi connectivity index (χ3v) is 2.75. The van der Waals surface area contributed by atoms with Gasteiger partial charge in [0.1, 0.15) is 5.82 Å².